The van der Waals surface area contributed by atoms with Gasteiger partial charge >= 0.3 is 0 Å². The number of hydrogen-bond donors (Lipinski definition) is 2. The fourth-order valence-corrected chi connectivity index (χ4v) is 4.55. The molecule has 1 fully saturated rings. The van der Waals surface area contributed by atoms with E-state index in [2.05, 4.69) is 25.5 Å². The predicted octanol–water partition coefficient (Wildman–Crippen LogP) is 3.91. The molecule has 0 aliphatic carbocycles. The molecule has 198 valence electrons. The number of para-hydroxylation sites is 2. The maximum atomic E-state index is 15.1. The van der Waals surface area contributed by atoms with Gasteiger partial charge in [-0.15, -0.1) is 0 Å². The van der Waals surface area contributed by atoms with Crippen molar-refractivity contribution in [2.45, 2.75) is 0 Å². The number of anilines is 6. The second-order valence-corrected chi connectivity index (χ2v) is 11.1. The van der Waals surface area contributed by atoms with Crippen molar-refractivity contribution in [1.29, 1.82) is 0 Å². The third-order valence-corrected chi connectivity index (χ3v) is 7.57. The van der Waals surface area contributed by atoms with Gasteiger partial charge in [-0.1, -0.05) is 23.7 Å². The van der Waals surface area contributed by atoms with Crippen LogP contribution >= 0.6 is 11.6 Å². The number of methoxy groups -OCH3 is 1. The number of halogens is 2. The molecule has 1 aromatic heterocycles. The Labute approximate surface area is 221 Å². The summed E-state index contributed by atoms with van der Waals surface area (Å²) in [7, 11) is 1.51. The van der Waals surface area contributed by atoms with Crippen LogP contribution in [0.4, 0.5) is 38.9 Å². The first kappa shape index (κ1) is 26.7. The zero-order chi connectivity index (χ0) is 26.7. The summed E-state index contributed by atoms with van der Waals surface area (Å²) in [5.74, 6) is 0.425. The zero-order valence-electron chi connectivity index (χ0n) is 21.0. The topological polar surface area (TPSA) is 103 Å². The number of rotatable bonds is 8. The van der Waals surface area contributed by atoms with E-state index in [0.717, 1.165) is 23.7 Å². The number of likely N-dealkylation sites (N-methyl/N-ethyl adjacent to an activating group) is 1. The summed E-state index contributed by atoms with van der Waals surface area (Å²) in [6.45, 7) is 3.13. The van der Waals surface area contributed by atoms with E-state index in [-0.39, 0.29) is 16.8 Å². The molecule has 10 nitrogen and oxygen atoms in total. The molecule has 1 saturated heterocycles. The molecular weight excluding hydrogens is 521 g/mol. The standard InChI is InChI=1S/C24H29ClFN7O3S/c1-31-9-11-33(12-10-31)21-14-22(36-3)19(13-17(21)26)29-24-27-15-16(25)23(30-24)28-18-7-5-6-8-20(18)32(2)37(4,34)35/h5-8,13-15H,9-12H2,1-4H3,(H2,27,28,29,30). The zero-order valence-corrected chi connectivity index (χ0v) is 22.6. The summed E-state index contributed by atoms with van der Waals surface area (Å²) in [5, 5.41) is 6.28. The summed E-state index contributed by atoms with van der Waals surface area (Å²) >= 11 is 6.33. The van der Waals surface area contributed by atoms with Crippen molar-refractivity contribution in [3.05, 3.63) is 53.4 Å². The Kier molecular flexibility index (Phi) is 7.90. The van der Waals surface area contributed by atoms with Crippen molar-refractivity contribution in [2.24, 2.45) is 0 Å². The molecule has 0 radical (unpaired) electrons. The summed E-state index contributed by atoms with van der Waals surface area (Å²) in [5.41, 5.74) is 1.71. The van der Waals surface area contributed by atoms with E-state index in [4.69, 9.17) is 16.3 Å². The van der Waals surface area contributed by atoms with E-state index in [1.165, 1.54) is 26.4 Å². The van der Waals surface area contributed by atoms with Crippen molar-refractivity contribution >= 4 is 56.1 Å². The maximum Gasteiger partial charge on any atom is 0.232 e. The minimum atomic E-state index is -3.50. The molecule has 0 bridgehead atoms. The number of sulfonamides is 1. The van der Waals surface area contributed by atoms with Gasteiger partial charge in [0.2, 0.25) is 16.0 Å². The fourth-order valence-electron chi connectivity index (χ4n) is 3.89. The minimum Gasteiger partial charge on any atom is -0.494 e. The lowest BCUT2D eigenvalue weighted by Gasteiger charge is -2.34. The van der Waals surface area contributed by atoms with Gasteiger partial charge in [0.25, 0.3) is 0 Å². The molecule has 0 amide bonds. The number of aromatic nitrogens is 2. The molecule has 3 aromatic rings. The lowest BCUT2D eigenvalue weighted by atomic mass is 10.2. The summed E-state index contributed by atoms with van der Waals surface area (Å²) in [6.07, 6.45) is 2.51. The van der Waals surface area contributed by atoms with Crippen molar-refractivity contribution in [3.63, 3.8) is 0 Å². The van der Waals surface area contributed by atoms with Gasteiger partial charge in [-0.25, -0.2) is 17.8 Å². The van der Waals surface area contributed by atoms with Gasteiger partial charge in [0.1, 0.15) is 16.6 Å². The van der Waals surface area contributed by atoms with Crippen LogP contribution in [0.25, 0.3) is 0 Å². The monoisotopic (exact) mass is 549 g/mol. The summed E-state index contributed by atoms with van der Waals surface area (Å²) in [6, 6.07) is 9.86. The SMILES string of the molecule is COc1cc(N2CCN(C)CC2)c(F)cc1Nc1ncc(Cl)c(Nc2ccccc2N(C)S(C)(=O)=O)n1. The maximum absolute atomic E-state index is 15.1. The molecule has 2 aromatic carbocycles. The number of piperazine rings is 1. The Morgan fingerprint density at radius 2 is 1.81 bits per heavy atom. The molecule has 1 aliphatic heterocycles. The second kappa shape index (κ2) is 11.0. The molecule has 37 heavy (non-hydrogen) atoms. The molecule has 0 atom stereocenters. The molecule has 0 spiro atoms. The van der Waals surface area contributed by atoms with Crippen LogP contribution in [0.5, 0.6) is 5.75 Å². The van der Waals surface area contributed by atoms with Gasteiger partial charge < -0.3 is 25.2 Å². The molecule has 0 saturated carbocycles. The average Bonchev–Trinajstić information content (AvgIpc) is 2.86. The smallest absolute Gasteiger partial charge is 0.232 e. The average molecular weight is 550 g/mol. The highest BCUT2D eigenvalue weighted by atomic mass is 35.5. The molecule has 2 N–H and O–H groups in total. The normalized spacial score (nSPS) is 14.4. The van der Waals surface area contributed by atoms with Crippen molar-refractivity contribution in [2.75, 3.05) is 73.5 Å². The Bertz CT molecular complexity index is 1380. The van der Waals surface area contributed by atoms with Crippen LogP contribution in [-0.4, -0.2) is 76.9 Å². The van der Waals surface area contributed by atoms with Crippen LogP contribution in [0, 0.1) is 5.82 Å². The summed E-state index contributed by atoms with van der Waals surface area (Å²) in [4.78, 5) is 12.8. The fraction of sp³-hybridized carbons (Fsp3) is 0.333. The quantitative estimate of drug-likeness (QED) is 0.433. The van der Waals surface area contributed by atoms with Crippen LogP contribution < -0.4 is 24.6 Å². The third-order valence-electron chi connectivity index (χ3n) is 6.10. The van der Waals surface area contributed by atoms with Gasteiger partial charge in [-0.05, 0) is 19.2 Å². The first-order valence-corrected chi connectivity index (χ1v) is 13.7. The molecule has 1 aliphatic rings. The number of hydrogen-bond acceptors (Lipinski definition) is 9. The Hall–Kier alpha value is -3.35. The minimum absolute atomic E-state index is 0.144. The largest absolute Gasteiger partial charge is 0.494 e. The van der Waals surface area contributed by atoms with Gasteiger partial charge in [-0.3, -0.25) is 4.31 Å². The predicted molar refractivity (Wildman–Crippen MR) is 146 cm³/mol. The Morgan fingerprint density at radius 1 is 1.11 bits per heavy atom. The van der Waals surface area contributed by atoms with Crippen molar-refractivity contribution in [3.8, 4) is 5.75 Å². The highest BCUT2D eigenvalue weighted by Crippen LogP contribution is 2.36. The molecule has 13 heteroatoms. The molecular formula is C24H29ClFN7O3S. The Balaban J connectivity index is 1.60. The van der Waals surface area contributed by atoms with Crippen LogP contribution in [0.1, 0.15) is 0 Å². The highest BCUT2D eigenvalue weighted by molar-refractivity contribution is 7.92. The van der Waals surface area contributed by atoms with E-state index < -0.39 is 15.8 Å². The van der Waals surface area contributed by atoms with E-state index in [1.807, 2.05) is 11.9 Å². The van der Waals surface area contributed by atoms with Crippen LogP contribution in [0.2, 0.25) is 5.02 Å². The van der Waals surface area contributed by atoms with E-state index in [9.17, 15) is 8.42 Å². The second-order valence-electron chi connectivity index (χ2n) is 8.68. The van der Waals surface area contributed by atoms with Crippen LogP contribution in [-0.2, 0) is 10.0 Å². The Morgan fingerprint density at radius 3 is 2.49 bits per heavy atom. The van der Waals surface area contributed by atoms with Gasteiger partial charge in [-0.2, -0.15) is 4.98 Å². The van der Waals surface area contributed by atoms with Crippen molar-refractivity contribution in [1.82, 2.24) is 14.9 Å². The number of nitrogens with zero attached hydrogens (tertiary/aromatic N) is 5. The van der Waals surface area contributed by atoms with E-state index in [1.54, 1.807) is 30.3 Å². The molecule has 0 unspecified atom stereocenters. The van der Waals surface area contributed by atoms with E-state index >= 15 is 4.39 Å². The number of nitrogens with one attached hydrogen (secondary N) is 2. The van der Waals surface area contributed by atoms with E-state index in [0.29, 0.717) is 41.6 Å². The number of ether oxygens (including phenoxy) is 1. The van der Waals surface area contributed by atoms with Crippen LogP contribution in [0.15, 0.2) is 42.6 Å². The first-order chi connectivity index (χ1) is 17.6. The number of benzene rings is 2. The van der Waals surface area contributed by atoms with Gasteiger partial charge in [0.05, 0.1) is 42.3 Å². The molecule has 2 heterocycles. The lowest BCUT2D eigenvalue weighted by molar-refractivity contribution is 0.311. The highest BCUT2D eigenvalue weighted by Gasteiger charge is 2.21. The lowest BCUT2D eigenvalue weighted by Crippen LogP contribution is -2.44. The molecule has 4 rings (SSSR count). The van der Waals surface area contributed by atoms with Crippen LogP contribution in [0.3, 0.4) is 0 Å². The van der Waals surface area contributed by atoms with Gasteiger partial charge in [0.15, 0.2) is 5.82 Å². The summed E-state index contributed by atoms with van der Waals surface area (Å²) < 4.78 is 45.9. The van der Waals surface area contributed by atoms with Crippen molar-refractivity contribution < 1.29 is 17.5 Å². The first-order valence-electron chi connectivity index (χ1n) is 11.5. The van der Waals surface area contributed by atoms with Gasteiger partial charge in [0, 0.05) is 45.4 Å². The third kappa shape index (κ3) is 6.14.